The van der Waals surface area contributed by atoms with Crippen molar-refractivity contribution >= 4 is 29.6 Å². The minimum atomic E-state index is -4.75. The van der Waals surface area contributed by atoms with E-state index in [9.17, 15) is 18.0 Å². The highest BCUT2D eigenvalue weighted by molar-refractivity contribution is 8.01. The summed E-state index contributed by atoms with van der Waals surface area (Å²) >= 11 is 1.44. The molecule has 0 spiro atoms. The standard InChI is InChI=1S/C27H24F3N7O3S/c1-16-12-22(39-3)33-17(2)24(16)37-23(38)14-41-26(37)34-32-13-18-4-6-19(7-5-18)25-31-15-36(35-25)20-8-10-21(11-9-20)40-27(28,29)30/h4-13,15,26,34H,14H2,1-3H3/b32-13+. The van der Waals surface area contributed by atoms with Crippen LogP contribution in [0.2, 0.25) is 0 Å². The predicted octanol–water partition coefficient (Wildman–Crippen LogP) is 4.84. The molecule has 212 valence electrons. The van der Waals surface area contributed by atoms with Gasteiger partial charge in [-0.1, -0.05) is 24.3 Å². The minimum absolute atomic E-state index is 0.0391. The number of anilines is 1. The van der Waals surface area contributed by atoms with Gasteiger partial charge in [0.1, 0.15) is 12.1 Å². The fourth-order valence-corrected chi connectivity index (χ4v) is 5.18. The first-order valence-corrected chi connectivity index (χ1v) is 13.3. The zero-order chi connectivity index (χ0) is 29.1. The van der Waals surface area contributed by atoms with Gasteiger partial charge in [0.15, 0.2) is 11.3 Å². The van der Waals surface area contributed by atoms with Crippen LogP contribution in [0, 0.1) is 13.8 Å². The van der Waals surface area contributed by atoms with Crippen LogP contribution in [0.5, 0.6) is 11.6 Å². The number of carbonyl (C=O) groups is 1. The highest BCUT2D eigenvalue weighted by Crippen LogP contribution is 2.34. The first-order valence-electron chi connectivity index (χ1n) is 12.2. The SMILES string of the molecule is COc1cc(C)c(N2C(=O)CSC2N/N=C/c2ccc(-c3ncn(-c4ccc(OC(F)(F)F)cc4)n3)cc2)c(C)n1. The van der Waals surface area contributed by atoms with Gasteiger partial charge >= 0.3 is 6.36 Å². The molecule has 0 radical (unpaired) electrons. The molecule has 1 unspecified atom stereocenters. The molecule has 2 aromatic heterocycles. The number of carbonyl (C=O) groups excluding carboxylic acids is 1. The van der Waals surface area contributed by atoms with E-state index in [-0.39, 0.29) is 11.7 Å². The number of hydrazone groups is 1. The molecule has 2 aromatic carbocycles. The molecule has 10 nitrogen and oxygen atoms in total. The summed E-state index contributed by atoms with van der Waals surface area (Å²) in [5.74, 6) is 0.893. The van der Waals surface area contributed by atoms with Crippen molar-refractivity contribution in [2.24, 2.45) is 5.10 Å². The number of nitrogens with one attached hydrogen (secondary N) is 1. The zero-order valence-corrected chi connectivity index (χ0v) is 22.9. The topological polar surface area (TPSA) is 107 Å². The molecule has 14 heteroatoms. The molecule has 41 heavy (non-hydrogen) atoms. The van der Waals surface area contributed by atoms with E-state index >= 15 is 0 Å². The van der Waals surface area contributed by atoms with Crippen LogP contribution in [0.1, 0.15) is 16.8 Å². The minimum Gasteiger partial charge on any atom is -0.481 e. The largest absolute Gasteiger partial charge is 0.573 e. The maximum absolute atomic E-state index is 12.7. The van der Waals surface area contributed by atoms with Crippen molar-refractivity contribution in [1.29, 1.82) is 0 Å². The summed E-state index contributed by atoms with van der Waals surface area (Å²) < 4.78 is 47.7. The monoisotopic (exact) mass is 583 g/mol. The number of thioether (sulfide) groups is 1. The molecule has 1 aliphatic heterocycles. The summed E-state index contributed by atoms with van der Waals surface area (Å²) in [5.41, 5.74) is 7.03. The number of nitrogens with zero attached hydrogens (tertiary/aromatic N) is 6. The van der Waals surface area contributed by atoms with Crippen molar-refractivity contribution in [3.05, 3.63) is 77.7 Å². The number of rotatable bonds is 8. The first kappa shape index (κ1) is 28.0. The molecule has 1 aliphatic rings. The molecule has 1 atom stereocenters. The van der Waals surface area contributed by atoms with Gasteiger partial charge < -0.3 is 9.47 Å². The van der Waals surface area contributed by atoms with Crippen LogP contribution >= 0.6 is 11.8 Å². The summed E-state index contributed by atoms with van der Waals surface area (Å²) in [6.45, 7) is 3.75. The fourth-order valence-electron chi connectivity index (χ4n) is 4.23. The molecule has 1 saturated heterocycles. The lowest BCUT2D eigenvalue weighted by atomic mass is 10.1. The summed E-state index contributed by atoms with van der Waals surface area (Å²) in [6.07, 6.45) is -1.63. The van der Waals surface area contributed by atoms with E-state index in [1.165, 1.54) is 47.0 Å². The van der Waals surface area contributed by atoms with E-state index in [0.29, 0.717) is 28.8 Å². The lowest BCUT2D eigenvalue weighted by molar-refractivity contribution is -0.274. The Morgan fingerprint density at radius 2 is 1.85 bits per heavy atom. The van der Waals surface area contributed by atoms with Crippen LogP contribution in [-0.2, 0) is 4.79 Å². The highest BCUT2D eigenvalue weighted by Gasteiger charge is 2.35. The average molecular weight is 584 g/mol. The van der Waals surface area contributed by atoms with E-state index in [4.69, 9.17) is 4.74 Å². The smallest absolute Gasteiger partial charge is 0.481 e. The number of alkyl halides is 3. The molecular weight excluding hydrogens is 559 g/mol. The second-order valence-electron chi connectivity index (χ2n) is 8.91. The van der Waals surface area contributed by atoms with Gasteiger partial charge in [0.2, 0.25) is 11.8 Å². The summed E-state index contributed by atoms with van der Waals surface area (Å²) in [4.78, 5) is 23.1. The van der Waals surface area contributed by atoms with E-state index in [1.807, 2.05) is 38.1 Å². The second-order valence-corrected chi connectivity index (χ2v) is 9.97. The molecule has 1 fully saturated rings. The summed E-state index contributed by atoms with van der Waals surface area (Å²) in [5, 5.41) is 8.76. The number of halogens is 3. The predicted molar refractivity (Wildman–Crippen MR) is 148 cm³/mol. The Labute approximate surface area is 237 Å². The average Bonchev–Trinajstić information content (AvgIpc) is 3.56. The third-order valence-corrected chi connectivity index (χ3v) is 7.09. The van der Waals surface area contributed by atoms with Crippen molar-refractivity contribution < 1.29 is 27.4 Å². The molecule has 1 amide bonds. The summed E-state index contributed by atoms with van der Waals surface area (Å²) in [6, 6.07) is 14.5. The quantitative estimate of drug-likeness (QED) is 0.232. The number of aromatic nitrogens is 4. The molecule has 4 aromatic rings. The van der Waals surface area contributed by atoms with Crippen molar-refractivity contribution in [2.75, 3.05) is 17.8 Å². The number of amides is 1. The van der Waals surface area contributed by atoms with Crippen molar-refractivity contribution in [2.45, 2.75) is 25.7 Å². The van der Waals surface area contributed by atoms with Gasteiger partial charge in [-0.15, -0.1) is 30.0 Å². The van der Waals surface area contributed by atoms with Crippen LogP contribution in [0.4, 0.5) is 18.9 Å². The fraction of sp³-hybridized carbons (Fsp3) is 0.222. The van der Waals surface area contributed by atoms with Crippen LogP contribution in [0.25, 0.3) is 17.1 Å². The van der Waals surface area contributed by atoms with Crippen LogP contribution < -0.4 is 19.8 Å². The van der Waals surface area contributed by atoms with Gasteiger partial charge in [0.05, 0.1) is 36.1 Å². The van der Waals surface area contributed by atoms with E-state index in [0.717, 1.165) is 22.4 Å². The molecule has 0 aliphatic carbocycles. The number of hydrogen-bond donors (Lipinski definition) is 1. The third kappa shape index (κ3) is 6.43. The Balaban J connectivity index is 1.23. The Morgan fingerprint density at radius 1 is 1.12 bits per heavy atom. The summed E-state index contributed by atoms with van der Waals surface area (Å²) in [7, 11) is 1.55. The van der Waals surface area contributed by atoms with Crippen molar-refractivity contribution in [3.63, 3.8) is 0 Å². The molecule has 1 N–H and O–H groups in total. The molecule has 3 heterocycles. The third-order valence-electron chi connectivity index (χ3n) is 6.05. The first-order chi connectivity index (χ1) is 19.6. The maximum atomic E-state index is 12.7. The Morgan fingerprint density at radius 3 is 2.51 bits per heavy atom. The van der Waals surface area contributed by atoms with Crippen molar-refractivity contribution in [1.82, 2.24) is 25.2 Å². The van der Waals surface area contributed by atoms with Gasteiger partial charge in [0, 0.05) is 11.6 Å². The lowest BCUT2D eigenvalue weighted by Crippen LogP contribution is -2.41. The highest BCUT2D eigenvalue weighted by atomic mass is 32.2. The van der Waals surface area contributed by atoms with Gasteiger partial charge in [-0.2, -0.15) is 5.10 Å². The molecule has 0 bridgehead atoms. The number of methoxy groups -OCH3 is 1. The van der Waals surface area contributed by atoms with Crippen LogP contribution in [-0.4, -0.2) is 56.6 Å². The molecule has 5 rings (SSSR count). The van der Waals surface area contributed by atoms with E-state index in [2.05, 4.69) is 30.3 Å². The maximum Gasteiger partial charge on any atom is 0.573 e. The molecule has 0 saturated carbocycles. The number of benzene rings is 2. The van der Waals surface area contributed by atoms with Crippen molar-refractivity contribution in [3.8, 4) is 28.7 Å². The van der Waals surface area contributed by atoms with Gasteiger partial charge in [-0.25, -0.2) is 14.6 Å². The number of pyridine rings is 1. The molecular formula is C27H24F3N7O3S. The Bertz CT molecular complexity index is 1550. The van der Waals surface area contributed by atoms with Gasteiger partial charge in [0.25, 0.3) is 0 Å². The van der Waals surface area contributed by atoms with Crippen LogP contribution in [0.15, 0.2) is 66.0 Å². The number of aryl methyl sites for hydroxylation is 2. The lowest BCUT2D eigenvalue weighted by Gasteiger charge is -2.26. The van der Waals surface area contributed by atoms with E-state index in [1.54, 1.807) is 24.3 Å². The normalized spacial score (nSPS) is 15.5. The second kappa shape index (κ2) is 11.5. The van der Waals surface area contributed by atoms with Crippen LogP contribution in [0.3, 0.4) is 0 Å². The van der Waals surface area contributed by atoms with E-state index < -0.39 is 11.9 Å². The Kier molecular flexibility index (Phi) is 7.83. The zero-order valence-electron chi connectivity index (χ0n) is 22.1. The Hall–Kier alpha value is -4.59. The van der Waals surface area contributed by atoms with Gasteiger partial charge in [-0.05, 0) is 49.2 Å². The number of hydrogen-bond acceptors (Lipinski definition) is 9. The van der Waals surface area contributed by atoms with Gasteiger partial charge in [-0.3, -0.25) is 15.1 Å². The number of ether oxygens (including phenoxy) is 2.